The van der Waals surface area contributed by atoms with Crippen molar-refractivity contribution in [3.63, 3.8) is 0 Å². The van der Waals surface area contributed by atoms with Crippen LogP contribution in [0.2, 0.25) is 5.02 Å². The third-order valence-corrected chi connectivity index (χ3v) is 5.47. The van der Waals surface area contributed by atoms with E-state index in [9.17, 15) is 18.0 Å². The Labute approximate surface area is 192 Å². The summed E-state index contributed by atoms with van der Waals surface area (Å²) < 4.78 is 45.4. The Balaban J connectivity index is 1.28. The molecule has 174 valence electrons. The Bertz CT molecular complexity index is 1100. The van der Waals surface area contributed by atoms with E-state index in [-0.39, 0.29) is 18.3 Å². The second kappa shape index (κ2) is 9.75. The number of halogens is 4. The zero-order chi connectivity index (χ0) is 23.4. The molecule has 1 saturated heterocycles. The molecule has 0 N–H and O–H groups in total. The molecule has 3 aromatic rings. The zero-order valence-electron chi connectivity index (χ0n) is 17.4. The monoisotopic (exact) mass is 480 g/mol. The maximum atomic E-state index is 12.8. The summed E-state index contributed by atoms with van der Waals surface area (Å²) in [7, 11) is 0. The number of carbonyl (C=O) groups is 1. The summed E-state index contributed by atoms with van der Waals surface area (Å²) in [6.45, 7) is 2.31. The van der Waals surface area contributed by atoms with Crippen LogP contribution < -0.4 is 4.74 Å². The number of ether oxygens (including phenoxy) is 1. The minimum Gasteiger partial charge on any atom is -0.484 e. The Morgan fingerprint density at radius 2 is 1.79 bits per heavy atom. The van der Waals surface area contributed by atoms with E-state index in [2.05, 4.69) is 20.4 Å². The first kappa shape index (κ1) is 23.0. The molecule has 0 saturated carbocycles. The van der Waals surface area contributed by atoms with E-state index in [1.165, 1.54) is 12.1 Å². The minimum atomic E-state index is -4.47. The van der Waals surface area contributed by atoms with E-state index in [0.717, 1.165) is 17.8 Å². The lowest BCUT2D eigenvalue weighted by Gasteiger charge is -2.34. The van der Waals surface area contributed by atoms with Crippen LogP contribution in [0.1, 0.15) is 11.4 Å². The van der Waals surface area contributed by atoms with Gasteiger partial charge in [0, 0.05) is 31.2 Å². The van der Waals surface area contributed by atoms with Gasteiger partial charge in [0.2, 0.25) is 0 Å². The molecule has 1 fully saturated rings. The number of piperazine rings is 1. The van der Waals surface area contributed by atoms with Gasteiger partial charge in [0.1, 0.15) is 5.75 Å². The molecule has 1 aromatic heterocycles. The fourth-order valence-electron chi connectivity index (χ4n) is 3.44. The Morgan fingerprint density at radius 3 is 2.48 bits per heavy atom. The van der Waals surface area contributed by atoms with Gasteiger partial charge in [0.05, 0.1) is 17.8 Å². The van der Waals surface area contributed by atoms with Crippen LogP contribution in [0, 0.1) is 0 Å². The van der Waals surface area contributed by atoms with Crippen LogP contribution in [0.5, 0.6) is 5.75 Å². The van der Waals surface area contributed by atoms with Crippen LogP contribution in [-0.2, 0) is 17.5 Å². The molecule has 33 heavy (non-hydrogen) atoms. The fourth-order valence-corrected chi connectivity index (χ4v) is 3.57. The number of carbonyl (C=O) groups excluding carboxylic acids is 1. The zero-order valence-corrected chi connectivity index (χ0v) is 18.1. The molecule has 2 heterocycles. The number of amides is 1. The van der Waals surface area contributed by atoms with Crippen molar-refractivity contribution in [2.75, 3.05) is 32.8 Å². The van der Waals surface area contributed by atoms with E-state index in [4.69, 9.17) is 16.3 Å². The molecular weight excluding hydrogens is 461 g/mol. The standard InChI is InChI=1S/C21H20ClF3N6O2/c22-16-4-6-17(7-5-16)31-19(26-27-28-31)13-29-8-10-30(11-9-29)20(32)14-33-18-3-1-2-15(12-18)21(23,24)25/h1-7,12H,8-11,13-14H2. The quantitative estimate of drug-likeness (QED) is 0.540. The van der Waals surface area contributed by atoms with Crippen LogP contribution in [0.25, 0.3) is 5.69 Å². The summed E-state index contributed by atoms with van der Waals surface area (Å²) in [6.07, 6.45) is -4.47. The lowest BCUT2D eigenvalue weighted by atomic mass is 10.2. The highest BCUT2D eigenvalue weighted by Gasteiger charge is 2.30. The maximum Gasteiger partial charge on any atom is 0.416 e. The van der Waals surface area contributed by atoms with Gasteiger partial charge in [-0.1, -0.05) is 17.7 Å². The van der Waals surface area contributed by atoms with Gasteiger partial charge in [-0.15, -0.1) is 5.10 Å². The second-order valence-electron chi connectivity index (χ2n) is 7.45. The largest absolute Gasteiger partial charge is 0.484 e. The summed E-state index contributed by atoms with van der Waals surface area (Å²) in [5.74, 6) is 0.383. The molecule has 1 amide bonds. The molecule has 2 aromatic carbocycles. The molecule has 0 aliphatic carbocycles. The number of aromatic nitrogens is 4. The average Bonchev–Trinajstić information content (AvgIpc) is 3.26. The number of benzene rings is 2. The van der Waals surface area contributed by atoms with Crippen molar-refractivity contribution in [2.24, 2.45) is 0 Å². The third kappa shape index (κ3) is 5.79. The highest BCUT2D eigenvalue weighted by atomic mass is 35.5. The molecule has 1 aliphatic heterocycles. The van der Waals surface area contributed by atoms with E-state index in [1.807, 2.05) is 12.1 Å². The van der Waals surface area contributed by atoms with Crippen molar-refractivity contribution in [1.29, 1.82) is 0 Å². The number of rotatable bonds is 6. The number of alkyl halides is 3. The summed E-state index contributed by atoms with van der Waals surface area (Å²) >= 11 is 5.93. The summed E-state index contributed by atoms with van der Waals surface area (Å²) in [6, 6.07) is 11.6. The lowest BCUT2D eigenvalue weighted by molar-refractivity contribution is -0.137. The van der Waals surface area contributed by atoms with Crippen LogP contribution in [-0.4, -0.2) is 68.7 Å². The number of nitrogens with zero attached hydrogens (tertiary/aromatic N) is 6. The average molecular weight is 481 g/mol. The number of hydrogen-bond donors (Lipinski definition) is 0. The van der Waals surface area contributed by atoms with E-state index < -0.39 is 11.7 Å². The van der Waals surface area contributed by atoms with E-state index in [1.54, 1.807) is 21.7 Å². The number of tetrazole rings is 1. The van der Waals surface area contributed by atoms with Gasteiger partial charge < -0.3 is 9.64 Å². The van der Waals surface area contributed by atoms with Crippen LogP contribution in [0.15, 0.2) is 48.5 Å². The second-order valence-corrected chi connectivity index (χ2v) is 7.89. The van der Waals surface area contributed by atoms with Gasteiger partial charge in [-0.2, -0.15) is 17.9 Å². The third-order valence-electron chi connectivity index (χ3n) is 5.22. The van der Waals surface area contributed by atoms with E-state index >= 15 is 0 Å². The molecular formula is C21H20ClF3N6O2. The smallest absolute Gasteiger partial charge is 0.416 e. The molecule has 0 unspecified atom stereocenters. The van der Waals surface area contributed by atoms with Crippen molar-refractivity contribution in [3.8, 4) is 11.4 Å². The Kier molecular flexibility index (Phi) is 6.80. The van der Waals surface area contributed by atoms with Gasteiger partial charge in [0.15, 0.2) is 12.4 Å². The van der Waals surface area contributed by atoms with Crippen molar-refractivity contribution in [2.45, 2.75) is 12.7 Å². The molecule has 8 nitrogen and oxygen atoms in total. The molecule has 4 rings (SSSR count). The first-order valence-corrected chi connectivity index (χ1v) is 10.5. The van der Waals surface area contributed by atoms with E-state index in [0.29, 0.717) is 43.6 Å². The Morgan fingerprint density at radius 1 is 1.06 bits per heavy atom. The first-order chi connectivity index (χ1) is 15.8. The minimum absolute atomic E-state index is 0.00541. The predicted octanol–water partition coefficient (Wildman–Crippen LogP) is 3.06. The van der Waals surface area contributed by atoms with Crippen LogP contribution in [0.3, 0.4) is 0 Å². The SMILES string of the molecule is O=C(COc1cccc(C(F)(F)F)c1)N1CCN(Cc2nnnn2-c2ccc(Cl)cc2)CC1. The molecule has 1 aliphatic rings. The molecule has 12 heteroatoms. The number of hydrogen-bond acceptors (Lipinski definition) is 6. The van der Waals surface area contributed by atoms with Crippen molar-refractivity contribution >= 4 is 17.5 Å². The maximum absolute atomic E-state index is 12.8. The molecule has 0 spiro atoms. The first-order valence-electron chi connectivity index (χ1n) is 10.1. The van der Waals surface area contributed by atoms with Gasteiger partial charge in [-0.25, -0.2) is 0 Å². The fraction of sp³-hybridized carbons (Fsp3) is 0.333. The van der Waals surface area contributed by atoms with Crippen LogP contribution >= 0.6 is 11.6 Å². The summed E-state index contributed by atoms with van der Waals surface area (Å²) in [5, 5.41) is 12.5. The summed E-state index contributed by atoms with van der Waals surface area (Å²) in [4.78, 5) is 16.2. The van der Waals surface area contributed by atoms with Crippen molar-refractivity contribution in [3.05, 3.63) is 64.9 Å². The van der Waals surface area contributed by atoms with Gasteiger partial charge in [0.25, 0.3) is 5.91 Å². The van der Waals surface area contributed by atoms with Crippen LogP contribution in [0.4, 0.5) is 13.2 Å². The van der Waals surface area contributed by atoms with Crippen molar-refractivity contribution in [1.82, 2.24) is 30.0 Å². The van der Waals surface area contributed by atoms with Crippen molar-refractivity contribution < 1.29 is 22.7 Å². The topological polar surface area (TPSA) is 76.4 Å². The predicted molar refractivity (Wildman–Crippen MR) is 113 cm³/mol. The highest BCUT2D eigenvalue weighted by Crippen LogP contribution is 2.31. The molecule has 0 radical (unpaired) electrons. The van der Waals surface area contributed by atoms with Gasteiger partial charge in [-0.05, 0) is 52.9 Å². The lowest BCUT2D eigenvalue weighted by Crippen LogP contribution is -2.49. The van der Waals surface area contributed by atoms with Gasteiger partial charge >= 0.3 is 6.18 Å². The highest BCUT2D eigenvalue weighted by molar-refractivity contribution is 6.30. The Hall–Kier alpha value is -3.18. The van der Waals surface area contributed by atoms with Gasteiger partial charge in [-0.3, -0.25) is 9.69 Å². The molecule has 0 atom stereocenters. The summed E-state index contributed by atoms with van der Waals surface area (Å²) in [5.41, 5.74) is -0.0260. The normalized spacial score (nSPS) is 15.0. The molecule has 0 bridgehead atoms.